The van der Waals surface area contributed by atoms with E-state index in [0.29, 0.717) is 16.6 Å². The Kier molecular flexibility index (Phi) is 4.43. The van der Waals surface area contributed by atoms with Gasteiger partial charge in [-0.1, -0.05) is 6.42 Å². The van der Waals surface area contributed by atoms with Gasteiger partial charge in [-0.05, 0) is 48.9 Å². The third-order valence-electron chi connectivity index (χ3n) is 3.49. The molecule has 1 fully saturated rings. The van der Waals surface area contributed by atoms with Gasteiger partial charge in [0.15, 0.2) is 0 Å². The van der Waals surface area contributed by atoms with Crippen LogP contribution in [0.5, 0.6) is 0 Å². The van der Waals surface area contributed by atoms with Crippen molar-refractivity contribution in [2.45, 2.75) is 44.4 Å². The van der Waals surface area contributed by atoms with Gasteiger partial charge in [0.1, 0.15) is 11.5 Å². The number of carbonyl (C=O) groups is 1. The Bertz CT molecular complexity index is 458. The van der Waals surface area contributed by atoms with Crippen LogP contribution in [0.2, 0.25) is 0 Å². The fourth-order valence-electron chi connectivity index (χ4n) is 2.53. The van der Waals surface area contributed by atoms with Gasteiger partial charge in [-0.3, -0.25) is 4.79 Å². The van der Waals surface area contributed by atoms with E-state index in [4.69, 9.17) is 4.42 Å². The fraction of sp³-hybridized carbons (Fsp3) is 0.615. The Balaban J connectivity index is 2.12. The number of furan rings is 1. The van der Waals surface area contributed by atoms with E-state index in [1.807, 2.05) is 25.6 Å². The Morgan fingerprint density at radius 3 is 2.67 bits per heavy atom. The van der Waals surface area contributed by atoms with Crippen LogP contribution in [0.4, 0.5) is 0 Å². The maximum absolute atomic E-state index is 12.3. The summed E-state index contributed by atoms with van der Waals surface area (Å²) in [6.45, 7) is 3.68. The molecule has 1 aromatic rings. The van der Waals surface area contributed by atoms with Gasteiger partial charge < -0.3 is 9.73 Å². The molecule has 0 spiro atoms. The maximum Gasteiger partial charge on any atom is 0.256 e. The first-order valence-corrected chi connectivity index (χ1v) is 8.21. The highest BCUT2D eigenvalue weighted by molar-refractivity contribution is 9.10. The normalized spacial score (nSPS) is 23.3. The number of amides is 1. The van der Waals surface area contributed by atoms with Gasteiger partial charge in [-0.25, -0.2) is 0 Å². The first kappa shape index (κ1) is 14.0. The number of carbonyl (C=O) groups excluding carboxylic acids is 1. The number of thioether (sulfide) groups is 1. The lowest BCUT2D eigenvalue weighted by Crippen LogP contribution is -2.38. The smallest absolute Gasteiger partial charge is 0.256 e. The average molecular weight is 332 g/mol. The maximum atomic E-state index is 12.3. The molecule has 1 aliphatic rings. The molecule has 1 amide bonds. The largest absolute Gasteiger partial charge is 0.465 e. The Labute approximate surface area is 120 Å². The number of aryl methyl sites for hydroxylation is 2. The van der Waals surface area contributed by atoms with Crippen LogP contribution in [0.3, 0.4) is 0 Å². The van der Waals surface area contributed by atoms with Gasteiger partial charge >= 0.3 is 0 Å². The molecule has 2 rings (SSSR count). The molecule has 0 radical (unpaired) electrons. The van der Waals surface area contributed by atoms with Crippen LogP contribution in [0.1, 0.15) is 41.1 Å². The second-order valence-electron chi connectivity index (χ2n) is 4.69. The average Bonchev–Trinajstić information content (AvgIpc) is 2.85. The number of hydrogen-bond acceptors (Lipinski definition) is 3. The number of hydrogen-bond donors (Lipinski definition) is 1. The van der Waals surface area contributed by atoms with Crippen molar-refractivity contribution in [3.8, 4) is 0 Å². The van der Waals surface area contributed by atoms with Crippen LogP contribution in [0.15, 0.2) is 8.89 Å². The van der Waals surface area contributed by atoms with Gasteiger partial charge in [-0.15, -0.1) is 0 Å². The quantitative estimate of drug-likeness (QED) is 0.918. The number of halogens is 1. The topological polar surface area (TPSA) is 42.2 Å². The molecular formula is C13H18BrNO2S. The Morgan fingerprint density at radius 2 is 2.11 bits per heavy atom. The molecule has 0 saturated heterocycles. The summed E-state index contributed by atoms with van der Waals surface area (Å²) in [6.07, 6.45) is 5.57. The molecule has 0 aromatic carbocycles. The summed E-state index contributed by atoms with van der Waals surface area (Å²) in [7, 11) is 0. The third-order valence-corrected chi connectivity index (χ3v) is 5.61. The number of nitrogens with one attached hydrogen (secondary N) is 1. The summed E-state index contributed by atoms with van der Waals surface area (Å²) in [4.78, 5) is 12.3. The van der Waals surface area contributed by atoms with Gasteiger partial charge in [0.25, 0.3) is 5.91 Å². The van der Waals surface area contributed by atoms with Crippen LogP contribution in [-0.4, -0.2) is 23.5 Å². The molecule has 18 heavy (non-hydrogen) atoms. The second-order valence-corrected chi connectivity index (χ2v) is 6.56. The van der Waals surface area contributed by atoms with Crippen LogP contribution in [0, 0.1) is 13.8 Å². The van der Waals surface area contributed by atoms with E-state index < -0.39 is 0 Å². The van der Waals surface area contributed by atoms with Crippen molar-refractivity contribution in [3.05, 3.63) is 21.6 Å². The van der Waals surface area contributed by atoms with Gasteiger partial charge in [0.05, 0.1) is 10.0 Å². The van der Waals surface area contributed by atoms with Crippen LogP contribution >= 0.6 is 27.7 Å². The van der Waals surface area contributed by atoms with Crippen molar-refractivity contribution in [1.82, 2.24) is 5.32 Å². The summed E-state index contributed by atoms with van der Waals surface area (Å²) in [6, 6.07) is 0.286. The van der Waals surface area contributed by atoms with Crippen molar-refractivity contribution in [2.75, 3.05) is 6.26 Å². The van der Waals surface area contributed by atoms with E-state index >= 15 is 0 Å². The lowest BCUT2D eigenvalue weighted by molar-refractivity contribution is 0.0936. The van der Waals surface area contributed by atoms with Crippen molar-refractivity contribution in [2.24, 2.45) is 0 Å². The van der Waals surface area contributed by atoms with E-state index in [0.717, 1.165) is 16.7 Å². The first-order chi connectivity index (χ1) is 8.54. The fourth-order valence-corrected chi connectivity index (χ4v) is 4.00. The third kappa shape index (κ3) is 2.62. The molecule has 1 heterocycles. The van der Waals surface area contributed by atoms with Crippen molar-refractivity contribution in [3.63, 3.8) is 0 Å². The minimum atomic E-state index is -0.0258. The highest BCUT2D eigenvalue weighted by Crippen LogP contribution is 2.30. The van der Waals surface area contributed by atoms with Gasteiger partial charge in [-0.2, -0.15) is 11.8 Å². The van der Waals surface area contributed by atoms with Crippen LogP contribution < -0.4 is 5.32 Å². The predicted octanol–water partition coefficient (Wildman–Crippen LogP) is 3.67. The highest BCUT2D eigenvalue weighted by atomic mass is 79.9. The van der Waals surface area contributed by atoms with E-state index in [1.54, 1.807) is 0 Å². The number of rotatable bonds is 3. The SMILES string of the molecule is CS[C@H]1CCC[C@@H]1NC(=O)c1c(C)oc(C)c1Br. The molecule has 1 N–H and O–H groups in total. The monoisotopic (exact) mass is 331 g/mol. The molecule has 1 aliphatic carbocycles. The molecule has 5 heteroatoms. The lowest BCUT2D eigenvalue weighted by atomic mass is 10.2. The molecule has 2 atom stereocenters. The van der Waals surface area contributed by atoms with Gasteiger partial charge in [0, 0.05) is 11.3 Å². The lowest BCUT2D eigenvalue weighted by Gasteiger charge is -2.19. The van der Waals surface area contributed by atoms with E-state index in [-0.39, 0.29) is 11.9 Å². The van der Waals surface area contributed by atoms with E-state index in [9.17, 15) is 4.79 Å². The zero-order valence-corrected chi connectivity index (χ0v) is 13.3. The molecule has 1 aromatic heterocycles. The highest BCUT2D eigenvalue weighted by Gasteiger charge is 2.29. The Hall–Kier alpha value is -0.420. The van der Waals surface area contributed by atoms with Gasteiger partial charge in [0.2, 0.25) is 0 Å². The summed E-state index contributed by atoms with van der Waals surface area (Å²) in [5.74, 6) is 1.41. The van der Waals surface area contributed by atoms with E-state index in [1.165, 1.54) is 12.8 Å². The second kappa shape index (κ2) is 5.70. The summed E-state index contributed by atoms with van der Waals surface area (Å²) >= 11 is 5.26. The summed E-state index contributed by atoms with van der Waals surface area (Å²) in [5, 5.41) is 3.68. The predicted molar refractivity (Wildman–Crippen MR) is 78.3 cm³/mol. The minimum absolute atomic E-state index is 0.0258. The minimum Gasteiger partial charge on any atom is -0.465 e. The molecule has 0 unspecified atom stereocenters. The summed E-state index contributed by atoms with van der Waals surface area (Å²) in [5.41, 5.74) is 0.638. The van der Waals surface area contributed by atoms with Crippen LogP contribution in [-0.2, 0) is 0 Å². The van der Waals surface area contributed by atoms with Crippen molar-refractivity contribution < 1.29 is 9.21 Å². The van der Waals surface area contributed by atoms with Crippen molar-refractivity contribution >= 4 is 33.6 Å². The first-order valence-electron chi connectivity index (χ1n) is 6.13. The van der Waals surface area contributed by atoms with Crippen LogP contribution in [0.25, 0.3) is 0 Å². The van der Waals surface area contributed by atoms with Crippen molar-refractivity contribution in [1.29, 1.82) is 0 Å². The molecule has 0 aliphatic heterocycles. The standard InChI is InChI=1S/C13H18BrNO2S/c1-7-11(12(14)8(2)17-7)13(16)15-9-5-4-6-10(9)18-3/h9-10H,4-6H2,1-3H3,(H,15,16)/t9-,10-/m0/s1. The zero-order chi connectivity index (χ0) is 13.3. The molecule has 3 nitrogen and oxygen atoms in total. The zero-order valence-electron chi connectivity index (χ0n) is 10.9. The summed E-state index contributed by atoms with van der Waals surface area (Å²) < 4.78 is 6.25. The van der Waals surface area contributed by atoms with E-state index in [2.05, 4.69) is 27.5 Å². The molecule has 1 saturated carbocycles. The molecule has 0 bridgehead atoms. The molecular weight excluding hydrogens is 314 g/mol. The molecule has 100 valence electrons. The Morgan fingerprint density at radius 1 is 1.39 bits per heavy atom.